The van der Waals surface area contributed by atoms with Gasteiger partial charge in [-0.25, -0.2) is 0 Å². The molecule has 0 bridgehead atoms. The summed E-state index contributed by atoms with van der Waals surface area (Å²) in [5, 5.41) is 0. The van der Waals surface area contributed by atoms with Crippen molar-refractivity contribution in [3.63, 3.8) is 0 Å². The van der Waals surface area contributed by atoms with E-state index >= 15 is 0 Å². The zero-order valence-corrected chi connectivity index (χ0v) is 13.6. The summed E-state index contributed by atoms with van der Waals surface area (Å²) in [5.74, 6) is 2.92. The second-order valence-electron chi connectivity index (χ2n) is 6.43. The molecular formula is C15H32N2S. The number of rotatable bonds is 7. The molecule has 1 fully saturated rings. The maximum atomic E-state index is 6.16. The van der Waals surface area contributed by atoms with Gasteiger partial charge >= 0.3 is 0 Å². The minimum absolute atomic E-state index is 0.285. The number of hydrogen-bond acceptors (Lipinski definition) is 3. The number of likely N-dealkylation sites (N-methyl/N-ethyl adjacent to an activating group) is 1. The van der Waals surface area contributed by atoms with Gasteiger partial charge in [-0.2, -0.15) is 11.8 Å². The summed E-state index contributed by atoms with van der Waals surface area (Å²) in [7, 11) is 2.28. The molecule has 2 N–H and O–H groups in total. The minimum atomic E-state index is 0.285. The molecule has 0 radical (unpaired) electrons. The maximum absolute atomic E-state index is 6.16. The average molecular weight is 273 g/mol. The first-order chi connectivity index (χ1) is 8.54. The van der Waals surface area contributed by atoms with Crippen LogP contribution in [0.5, 0.6) is 0 Å². The molecule has 0 aliphatic heterocycles. The summed E-state index contributed by atoms with van der Waals surface area (Å²) in [4.78, 5) is 2.55. The lowest BCUT2D eigenvalue weighted by atomic mass is 9.72. The Bertz CT molecular complexity index is 233. The molecular weight excluding hydrogens is 240 g/mol. The second kappa shape index (κ2) is 7.76. The standard InChI is InChI=1S/C15H32N2S/c1-13(2)10-14-6-5-7-15(11-14,12-16)17(3)8-9-18-4/h13-14H,5-12,16H2,1-4H3. The number of nitrogens with two attached hydrogens (primary N) is 1. The molecule has 2 unspecified atom stereocenters. The highest BCUT2D eigenvalue weighted by Gasteiger charge is 2.38. The predicted molar refractivity (Wildman–Crippen MR) is 84.2 cm³/mol. The fourth-order valence-corrected chi connectivity index (χ4v) is 3.94. The lowest BCUT2D eigenvalue weighted by Gasteiger charge is -2.47. The Kier molecular flexibility index (Phi) is 7.04. The molecule has 0 heterocycles. The zero-order chi connectivity index (χ0) is 13.6. The van der Waals surface area contributed by atoms with Crippen molar-refractivity contribution in [1.82, 2.24) is 4.90 Å². The molecule has 1 saturated carbocycles. The van der Waals surface area contributed by atoms with E-state index in [1.54, 1.807) is 0 Å². The Morgan fingerprint density at radius 3 is 2.72 bits per heavy atom. The Morgan fingerprint density at radius 2 is 2.17 bits per heavy atom. The van der Waals surface area contributed by atoms with Crippen LogP contribution in [-0.4, -0.2) is 42.6 Å². The Morgan fingerprint density at radius 1 is 1.44 bits per heavy atom. The van der Waals surface area contributed by atoms with E-state index in [-0.39, 0.29) is 5.54 Å². The van der Waals surface area contributed by atoms with Gasteiger partial charge in [-0.3, -0.25) is 4.90 Å². The van der Waals surface area contributed by atoms with E-state index in [4.69, 9.17) is 5.73 Å². The van der Waals surface area contributed by atoms with Gasteiger partial charge in [-0.1, -0.05) is 26.7 Å². The lowest BCUT2D eigenvalue weighted by Crippen LogP contribution is -2.55. The molecule has 2 atom stereocenters. The van der Waals surface area contributed by atoms with Crippen molar-refractivity contribution in [1.29, 1.82) is 0 Å². The molecule has 1 aliphatic carbocycles. The van der Waals surface area contributed by atoms with Crippen molar-refractivity contribution in [2.24, 2.45) is 17.6 Å². The Labute approximate surface area is 118 Å². The molecule has 108 valence electrons. The van der Waals surface area contributed by atoms with Crippen molar-refractivity contribution in [2.75, 3.05) is 32.1 Å². The largest absolute Gasteiger partial charge is 0.329 e. The van der Waals surface area contributed by atoms with Gasteiger partial charge in [-0.15, -0.1) is 0 Å². The van der Waals surface area contributed by atoms with Crippen molar-refractivity contribution in [3.8, 4) is 0 Å². The topological polar surface area (TPSA) is 29.3 Å². The zero-order valence-electron chi connectivity index (χ0n) is 12.7. The monoisotopic (exact) mass is 272 g/mol. The summed E-state index contributed by atoms with van der Waals surface area (Å²) < 4.78 is 0. The van der Waals surface area contributed by atoms with E-state index in [1.165, 1.54) is 44.4 Å². The summed E-state index contributed by atoms with van der Waals surface area (Å²) >= 11 is 1.93. The molecule has 0 aromatic heterocycles. The van der Waals surface area contributed by atoms with E-state index in [2.05, 4.69) is 32.1 Å². The fourth-order valence-electron chi connectivity index (χ4n) is 3.48. The molecule has 1 rings (SSSR count). The van der Waals surface area contributed by atoms with Crippen LogP contribution in [0, 0.1) is 11.8 Å². The summed E-state index contributed by atoms with van der Waals surface area (Å²) in [6.07, 6.45) is 8.94. The van der Waals surface area contributed by atoms with Crippen LogP contribution in [0.2, 0.25) is 0 Å². The third-order valence-electron chi connectivity index (χ3n) is 4.55. The first kappa shape index (κ1) is 16.3. The number of thioether (sulfide) groups is 1. The van der Waals surface area contributed by atoms with Crippen molar-refractivity contribution in [3.05, 3.63) is 0 Å². The first-order valence-electron chi connectivity index (χ1n) is 7.44. The summed E-state index contributed by atoms with van der Waals surface area (Å²) in [6.45, 7) is 6.69. The van der Waals surface area contributed by atoms with Gasteiger partial charge in [-0.05, 0) is 44.4 Å². The molecule has 1 aliphatic rings. The van der Waals surface area contributed by atoms with Crippen LogP contribution >= 0.6 is 11.8 Å². The quantitative estimate of drug-likeness (QED) is 0.771. The van der Waals surface area contributed by atoms with Crippen molar-refractivity contribution < 1.29 is 0 Å². The summed E-state index contributed by atoms with van der Waals surface area (Å²) in [5.41, 5.74) is 6.44. The van der Waals surface area contributed by atoms with E-state index < -0.39 is 0 Å². The molecule has 0 saturated heterocycles. The Hall–Kier alpha value is 0.270. The smallest absolute Gasteiger partial charge is 0.0331 e. The average Bonchev–Trinajstić information content (AvgIpc) is 2.35. The van der Waals surface area contributed by atoms with Crippen molar-refractivity contribution in [2.45, 2.75) is 51.5 Å². The fraction of sp³-hybridized carbons (Fsp3) is 1.00. The van der Waals surface area contributed by atoms with Crippen LogP contribution in [0.1, 0.15) is 46.0 Å². The Balaban J connectivity index is 2.61. The molecule has 2 nitrogen and oxygen atoms in total. The van der Waals surface area contributed by atoms with Crippen LogP contribution in [0.15, 0.2) is 0 Å². The molecule has 0 spiro atoms. The van der Waals surface area contributed by atoms with E-state index in [0.717, 1.165) is 18.4 Å². The lowest BCUT2D eigenvalue weighted by molar-refractivity contribution is 0.0570. The number of hydrogen-bond donors (Lipinski definition) is 1. The van der Waals surface area contributed by atoms with Gasteiger partial charge < -0.3 is 5.73 Å². The molecule has 0 aromatic carbocycles. The predicted octanol–water partition coefficient (Wildman–Crippen LogP) is 3.22. The van der Waals surface area contributed by atoms with Crippen LogP contribution in [-0.2, 0) is 0 Å². The first-order valence-corrected chi connectivity index (χ1v) is 8.83. The summed E-state index contributed by atoms with van der Waals surface area (Å²) in [6, 6.07) is 0. The molecule has 0 aromatic rings. The highest BCUT2D eigenvalue weighted by Crippen LogP contribution is 2.38. The van der Waals surface area contributed by atoms with Gasteiger partial charge in [0.05, 0.1) is 0 Å². The van der Waals surface area contributed by atoms with Crippen LogP contribution in [0.3, 0.4) is 0 Å². The van der Waals surface area contributed by atoms with Gasteiger partial charge in [0.15, 0.2) is 0 Å². The van der Waals surface area contributed by atoms with Gasteiger partial charge in [0.25, 0.3) is 0 Å². The van der Waals surface area contributed by atoms with Crippen molar-refractivity contribution >= 4 is 11.8 Å². The number of nitrogens with zero attached hydrogens (tertiary/aromatic N) is 1. The molecule has 18 heavy (non-hydrogen) atoms. The third-order valence-corrected chi connectivity index (χ3v) is 5.14. The van der Waals surface area contributed by atoms with Gasteiger partial charge in [0.2, 0.25) is 0 Å². The second-order valence-corrected chi connectivity index (χ2v) is 7.42. The third kappa shape index (κ3) is 4.43. The van der Waals surface area contributed by atoms with Gasteiger partial charge in [0, 0.05) is 24.4 Å². The highest BCUT2D eigenvalue weighted by molar-refractivity contribution is 7.98. The molecule has 3 heteroatoms. The van der Waals surface area contributed by atoms with E-state index in [0.29, 0.717) is 0 Å². The highest BCUT2D eigenvalue weighted by atomic mass is 32.2. The van der Waals surface area contributed by atoms with Gasteiger partial charge in [0.1, 0.15) is 0 Å². The normalized spacial score (nSPS) is 29.2. The molecule has 0 amide bonds. The van der Waals surface area contributed by atoms with Crippen LogP contribution < -0.4 is 5.73 Å². The maximum Gasteiger partial charge on any atom is 0.0331 e. The van der Waals surface area contributed by atoms with E-state index in [9.17, 15) is 0 Å². The SMILES string of the molecule is CSCCN(C)C1(CN)CCCC(CC(C)C)C1. The van der Waals surface area contributed by atoms with Crippen LogP contribution in [0.4, 0.5) is 0 Å². The van der Waals surface area contributed by atoms with E-state index in [1.807, 2.05) is 11.8 Å². The van der Waals surface area contributed by atoms with Crippen LogP contribution in [0.25, 0.3) is 0 Å². The minimum Gasteiger partial charge on any atom is -0.329 e.